The molecule has 4 aromatic rings. The van der Waals surface area contributed by atoms with Crippen LogP contribution in [0.3, 0.4) is 0 Å². The van der Waals surface area contributed by atoms with Crippen LogP contribution in [0, 0.1) is 0 Å². The SMILES string of the molecule is O=c1[nH]c2cc3c(cc2cc1CNc1ccc(N2CCN(c4ccccc4)CC2)cc1)CCC3. The van der Waals surface area contributed by atoms with Gasteiger partial charge in [-0.05, 0) is 90.4 Å². The third-order valence-electron chi connectivity index (χ3n) is 7.25. The van der Waals surface area contributed by atoms with Crippen LogP contribution in [0.25, 0.3) is 10.9 Å². The van der Waals surface area contributed by atoms with Crippen molar-refractivity contribution in [2.75, 3.05) is 41.3 Å². The first-order valence-corrected chi connectivity index (χ1v) is 12.3. The molecule has 0 bridgehead atoms. The lowest BCUT2D eigenvalue weighted by atomic mass is 10.0. The Morgan fingerprint density at radius 2 is 1.41 bits per heavy atom. The van der Waals surface area contributed by atoms with E-state index in [1.807, 2.05) is 6.07 Å². The van der Waals surface area contributed by atoms with E-state index < -0.39 is 0 Å². The van der Waals surface area contributed by atoms with Crippen molar-refractivity contribution in [1.29, 1.82) is 0 Å². The monoisotopic (exact) mass is 450 g/mol. The molecule has 34 heavy (non-hydrogen) atoms. The predicted octanol–water partition coefficient (Wildman–Crippen LogP) is 4.96. The van der Waals surface area contributed by atoms with Gasteiger partial charge < -0.3 is 20.1 Å². The molecule has 1 saturated heterocycles. The van der Waals surface area contributed by atoms with Crippen LogP contribution >= 0.6 is 0 Å². The summed E-state index contributed by atoms with van der Waals surface area (Å²) < 4.78 is 0. The summed E-state index contributed by atoms with van der Waals surface area (Å²) in [6, 6.07) is 25.7. The minimum Gasteiger partial charge on any atom is -0.381 e. The second kappa shape index (κ2) is 8.90. The molecule has 2 heterocycles. The van der Waals surface area contributed by atoms with Gasteiger partial charge in [0.1, 0.15) is 0 Å². The standard InChI is InChI=1S/C29H30N4O/c34-29-24(18-23-17-21-5-4-6-22(21)19-28(23)31-29)20-30-25-9-11-27(12-10-25)33-15-13-32(14-16-33)26-7-2-1-3-8-26/h1-3,7-12,17-19,30H,4-6,13-16,20H2,(H,31,34). The molecule has 2 N–H and O–H groups in total. The number of fused-ring (bicyclic) bond motifs is 2. The summed E-state index contributed by atoms with van der Waals surface area (Å²) in [5.41, 5.74) is 8.10. The zero-order valence-corrected chi connectivity index (χ0v) is 19.4. The van der Waals surface area contributed by atoms with Gasteiger partial charge in [-0.3, -0.25) is 4.79 Å². The summed E-state index contributed by atoms with van der Waals surface area (Å²) in [7, 11) is 0. The number of hydrogen-bond acceptors (Lipinski definition) is 4. The Balaban J connectivity index is 1.09. The third-order valence-corrected chi connectivity index (χ3v) is 7.25. The molecule has 5 heteroatoms. The van der Waals surface area contributed by atoms with Crippen molar-refractivity contribution in [3.05, 3.63) is 99.8 Å². The lowest BCUT2D eigenvalue weighted by Gasteiger charge is -2.37. The van der Waals surface area contributed by atoms with E-state index in [0.29, 0.717) is 6.54 Å². The summed E-state index contributed by atoms with van der Waals surface area (Å²) in [5, 5.41) is 4.56. The van der Waals surface area contributed by atoms with Gasteiger partial charge >= 0.3 is 0 Å². The van der Waals surface area contributed by atoms with E-state index in [2.05, 4.69) is 86.8 Å². The number of pyridine rings is 1. The molecule has 1 fully saturated rings. The highest BCUT2D eigenvalue weighted by molar-refractivity contribution is 5.81. The molecule has 0 unspecified atom stereocenters. The first-order chi connectivity index (χ1) is 16.7. The molecule has 0 spiro atoms. The Kier molecular flexibility index (Phi) is 5.46. The summed E-state index contributed by atoms with van der Waals surface area (Å²) in [4.78, 5) is 20.6. The van der Waals surface area contributed by atoms with Crippen LogP contribution in [-0.4, -0.2) is 31.2 Å². The number of aryl methyl sites for hydroxylation is 2. The summed E-state index contributed by atoms with van der Waals surface area (Å²) in [5.74, 6) is 0. The minimum absolute atomic E-state index is 0.00847. The van der Waals surface area contributed by atoms with Crippen LogP contribution in [0.4, 0.5) is 17.1 Å². The van der Waals surface area contributed by atoms with Crippen LogP contribution in [-0.2, 0) is 19.4 Å². The van der Waals surface area contributed by atoms with E-state index in [-0.39, 0.29) is 5.56 Å². The maximum Gasteiger partial charge on any atom is 0.253 e. The number of nitrogens with one attached hydrogen (secondary N) is 2. The molecule has 0 atom stereocenters. The van der Waals surface area contributed by atoms with E-state index in [1.54, 1.807) is 0 Å². The fourth-order valence-electron chi connectivity index (χ4n) is 5.31. The smallest absolute Gasteiger partial charge is 0.253 e. The zero-order chi connectivity index (χ0) is 22.9. The van der Waals surface area contributed by atoms with E-state index in [4.69, 9.17) is 0 Å². The Morgan fingerprint density at radius 1 is 0.765 bits per heavy atom. The second-order valence-electron chi connectivity index (χ2n) is 9.40. The number of para-hydroxylation sites is 1. The van der Waals surface area contributed by atoms with E-state index >= 15 is 0 Å². The van der Waals surface area contributed by atoms with Gasteiger partial charge in [-0.25, -0.2) is 0 Å². The summed E-state index contributed by atoms with van der Waals surface area (Å²) in [6.07, 6.45) is 3.48. The lowest BCUT2D eigenvalue weighted by molar-refractivity contribution is 0.653. The maximum absolute atomic E-state index is 12.6. The van der Waals surface area contributed by atoms with Crippen molar-refractivity contribution < 1.29 is 0 Å². The first kappa shape index (κ1) is 20.8. The molecule has 0 saturated carbocycles. The van der Waals surface area contributed by atoms with Crippen molar-refractivity contribution in [2.45, 2.75) is 25.8 Å². The normalized spacial score (nSPS) is 15.5. The fourth-order valence-corrected chi connectivity index (χ4v) is 5.31. The highest BCUT2D eigenvalue weighted by Gasteiger charge is 2.17. The molecule has 5 nitrogen and oxygen atoms in total. The number of H-pyrrole nitrogens is 1. The Labute approximate surface area is 200 Å². The number of anilines is 3. The molecule has 6 rings (SSSR count). The Bertz CT molecular complexity index is 1350. The molecule has 0 amide bonds. The molecule has 0 radical (unpaired) electrons. The summed E-state index contributed by atoms with van der Waals surface area (Å²) in [6.45, 7) is 4.59. The average molecular weight is 451 g/mol. The molecular formula is C29H30N4O. The minimum atomic E-state index is -0.00847. The molecule has 1 aliphatic heterocycles. The highest BCUT2D eigenvalue weighted by Crippen LogP contribution is 2.27. The van der Waals surface area contributed by atoms with Crippen LogP contribution in [0.2, 0.25) is 0 Å². The van der Waals surface area contributed by atoms with Gasteiger partial charge in [0.05, 0.1) is 0 Å². The van der Waals surface area contributed by atoms with Gasteiger partial charge in [0, 0.05) is 60.9 Å². The maximum atomic E-state index is 12.6. The van der Waals surface area contributed by atoms with Gasteiger partial charge in [-0.1, -0.05) is 18.2 Å². The largest absolute Gasteiger partial charge is 0.381 e. The van der Waals surface area contributed by atoms with Gasteiger partial charge in [-0.15, -0.1) is 0 Å². The van der Waals surface area contributed by atoms with Crippen molar-refractivity contribution in [3.8, 4) is 0 Å². The number of hydrogen-bond donors (Lipinski definition) is 2. The quantitative estimate of drug-likeness (QED) is 0.452. The Hall–Kier alpha value is -3.73. The number of piperazine rings is 1. The van der Waals surface area contributed by atoms with Crippen molar-refractivity contribution in [1.82, 2.24) is 4.98 Å². The van der Waals surface area contributed by atoms with Crippen molar-refractivity contribution in [2.24, 2.45) is 0 Å². The highest BCUT2D eigenvalue weighted by atomic mass is 16.1. The topological polar surface area (TPSA) is 51.4 Å². The first-order valence-electron chi connectivity index (χ1n) is 12.3. The Morgan fingerprint density at radius 3 is 2.12 bits per heavy atom. The number of rotatable bonds is 5. The van der Waals surface area contributed by atoms with Crippen LogP contribution in [0.5, 0.6) is 0 Å². The van der Waals surface area contributed by atoms with Gasteiger partial charge in [0.2, 0.25) is 0 Å². The number of aromatic nitrogens is 1. The van der Waals surface area contributed by atoms with Crippen LogP contribution in [0.1, 0.15) is 23.1 Å². The third kappa shape index (κ3) is 4.14. The van der Waals surface area contributed by atoms with E-state index in [0.717, 1.165) is 61.2 Å². The number of benzene rings is 3. The van der Waals surface area contributed by atoms with Gasteiger partial charge in [0.15, 0.2) is 0 Å². The molecule has 1 aromatic heterocycles. The molecular weight excluding hydrogens is 420 g/mol. The molecule has 1 aliphatic carbocycles. The number of aromatic amines is 1. The average Bonchev–Trinajstić information content (AvgIpc) is 3.34. The lowest BCUT2D eigenvalue weighted by Crippen LogP contribution is -2.46. The van der Waals surface area contributed by atoms with Crippen molar-refractivity contribution in [3.63, 3.8) is 0 Å². The number of nitrogens with zero attached hydrogens (tertiary/aromatic N) is 2. The van der Waals surface area contributed by atoms with E-state index in [1.165, 1.54) is 28.9 Å². The second-order valence-corrected chi connectivity index (χ2v) is 9.40. The fraction of sp³-hybridized carbons (Fsp3) is 0.276. The molecule has 2 aliphatic rings. The molecule has 3 aromatic carbocycles. The zero-order valence-electron chi connectivity index (χ0n) is 19.4. The van der Waals surface area contributed by atoms with Crippen molar-refractivity contribution >= 4 is 28.0 Å². The predicted molar refractivity (Wildman–Crippen MR) is 141 cm³/mol. The van der Waals surface area contributed by atoms with Crippen LogP contribution in [0.15, 0.2) is 77.6 Å². The summed E-state index contributed by atoms with van der Waals surface area (Å²) >= 11 is 0. The van der Waals surface area contributed by atoms with Gasteiger partial charge in [-0.2, -0.15) is 0 Å². The van der Waals surface area contributed by atoms with Gasteiger partial charge in [0.25, 0.3) is 5.56 Å². The van der Waals surface area contributed by atoms with Crippen LogP contribution < -0.4 is 20.7 Å². The van der Waals surface area contributed by atoms with E-state index in [9.17, 15) is 4.79 Å². The molecule has 172 valence electrons.